The molecule has 5 nitrogen and oxygen atoms in total. The molecule has 132 valence electrons. The van der Waals surface area contributed by atoms with E-state index >= 15 is 0 Å². The Bertz CT molecular complexity index is 565. The molecule has 1 fully saturated rings. The molecule has 2 amide bonds. The van der Waals surface area contributed by atoms with Gasteiger partial charge in [-0.2, -0.15) is 11.8 Å². The summed E-state index contributed by atoms with van der Waals surface area (Å²) in [6, 6.07) is 7.70. The van der Waals surface area contributed by atoms with E-state index in [2.05, 4.69) is 11.6 Å². The van der Waals surface area contributed by atoms with Gasteiger partial charge in [0.15, 0.2) is 0 Å². The molecule has 0 spiro atoms. The lowest BCUT2D eigenvalue weighted by atomic mass is 9.96. The third-order valence-corrected chi connectivity index (χ3v) is 4.90. The number of thioether (sulfide) groups is 1. The van der Waals surface area contributed by atoms with Gasteiger partial charge in [-0.1, -0.05) is 12.1 Å². The molecule has 0 radical (unpaired) electrons. The normalized spacial score (nSPS) is 17.7. The average Bonchev–Trinajstić information content (AvgIpc) is 2.60. The van der Waals surface area contributed by atoms with Crippen LogP contribution in [0.4, 0.5) is 0 Å². The van der Waals surface area contributed by atoms with Gasteiger partial charge >= 0.3 is 0 Å². The van der Waals surface area contributed by atoms with Crippen molar-refractivity contribution < 1.29 is 14.3 Å². The highest BCUT2D eigenvalue weighted by molar-refractivity contribution is 7.98. The van der Waals surface area contributed by atoms with Crippen LogP contribution in [0.3, 0.4) is 0 Å². The van der Waals surface area contributed by atoms with Crippen molar-refractivity contribution in [2.75, 3.05) is 32.2 Å². The number of ether oxygens (including phenoxy) is 1. The molecule has 0 aromatic heterocycles. The molecule has 1 heterocycles. The van der Waals surface area contributed by atoms with Crippen LogP contribution in [-0.2, 0) is 16.1 Å². The van der Waals surface area contributed by atoms with E-state index in [1.54, 1.807) is 23.8 Å². The first-order valence-corrected chi connectivity index (χ1v) is 9.70. The third kappa shape index (κ3) is 5.44. The molecule has 1 saturated heterocycles. The van der Waals surface area contributed by atoms with E-state index < -0.39 is 0 Å². The zero-order valence-corrected chi connectivity index (χ0v) is 15.2. The van der Waals surface area contributed by atoms with Gasteiger partial charge in [-0.25, -0.2) is 0 Å². The zero-order chi connectivity index (χ0) is 17.4. The summed E-state index contributed by atoms with van der Waals surface area (Å²) < 4.78 is 5.23. The van der Waals surface area contributed by atoms with Crippen LogP contribution < -0.4 is 10.1 Å². The second kappa shape index (κ2) is 9.57. The number of piperidine rings is 1. The van der Waals surface area contributed by atoms with Crippen LogP contribution >= 0.6 is 11.8 Å². The number of carbonyl (C=O) groups excluding carboxylic acids is 2. The number of methoxy groups -OCH3 is 1. The van der Waals surface area contributed by atoms with Crippen LogP contribution in [0.5, 0.6) is 5.75 Å². The third-order valence-electron chi connectivity index (χ3n) is 4.20. The summed E-state index contributed by atoms with van der Waals surface area (Å²) in [5, 5.41) is 2.99. The standard InChI is InChI=1S/C18H26N2O3S/c1-23-16-6-3-5-14(11-16)12-20-13-15(7-8-17(20)21)18(22)19-9-4-10-24-2/h3,5-6,11,15H,4,7-10,12-13H2,1-2H3,(H,19,22)/t15-/m1/s1. The Balaban J connectivity index is 1.90. The van der Waals surface area contributed by atoms with E-state index in [1.807, 2.05) is 24.3 Å². The maximum absolute atomic E-state index is 12.3. The summed E-state index contributed by atoms with van der Waals surface area (Å²) in [6.07, 6.45) is 4.12. The number of benzene rings is 1. The van der Waals surface area contributed by atoms with Gasteiger partial charge in [0.1, 0.15) is 5.75 Å². The van der Waals surface area contributed by atoms with Crippen molar-refractivity contribution in [2.45, 2.75) is 25.8 Å². The molecule has 0 saturated carbocycles. The number of nitrogens with one attached hydrogen (secondary N) is 1. The molecule has 2 rings (SSSR count). The van der Waals surface area contributed by atoms with E-state index in [9.17, 15) is 9.59 Å². The molecule has 1 aliphatic heterocycles. The Morgan fingerprint density at radius 2 is 2.29 bits per heavy atom. The quantitative estimate of drug-likeness (QED) is 0.731. The molecule has 1 aromatic carbocycles. The van der Waals surface area contributed by atoms with Crippen molar-refractivity contribution in [2.24, 2.45) is 5.92 Å². The van der Waals surface area contributed by atoms with Crippen LogP contribution in [-0.4, -0.2) is 48.9 Å². The molecule has 0 bridgehead atoms. The Labute approximate surface area is 148 Å². The number of nitrogens with zero attached hydrogens (tertiary/aromatic N) is 1. The second-order valence-electron chi connectivity index (χ2n) is 6.00. The van der Waals surface area contributed by atoms with E-state index in [0.29, 0.717) is 32.5 Å². The highest BCUT2D eigenvalue weighted by Crippen LogP contribution is 2.21. The first kappa shape index (κ1) is 18.6. The van der Waals surface area contributed by atoms with Crippen LogP contribution in [0, 0.1) is 5.92 Å². The van der Waals surface area contributed by atoms with Crippen molar-refractivity contribution in [3.63, 3.8) is 0 Å². The number of rotatable bonds is 8. The molecular weight excluding hydrogens is 324 g/mol. The lowest BCUT2D eigenvalue weighted by Crippen LogP contribution is -2.45. The lowest BCUT2D eigenvalue weighted by Gasteiger charge is -2.32. The number of amides is 2. The maximum atomic E-state index is 12.3. The average molecular weight is 350 g/mol. The van der Waals surface area contributed by atoms with Gasteiger partial charge in [-0.05, 0) is 42.5 Å². The minimum absolute atomic E-state index is 0.0687. The van der Waals surface area contributed by atoms with Crippen molar-refractivity contribution in [1.29, 1.82) is 0 Å². The molecule has 1 aromatic rings. The molecule has 0 aliphatic carbocycles. The van der Waals surface area contributed by atoms with E-state index in [0.717, 1.165) is 23.5 Å². The predicted molar refractivity (Wildman–Crippen MR) is 97.1 cm³/mol. The van der Waals surface area contributed by atoms with Crippen LogP contribution in [0.2, 0.25) is 0 Å². The van der Waals surface area contributed by atoms with Gasteiger partial charge in [-0.15, -0.1) is 0 Å². The monoisotopic (exact) mass is 350 g/mol. The Kier molecular flexibility index (Phi) is 7.43. The number of hydrogen-bond acceptors (Lipinski definition) is 4. The number of carbonyl (C=O) groups is 2. The van der Waals surface area contributed by atoms with Crippen molar-refractivity contribution in [1.82, 2.24) is 10.2 Å². The fourth-order valence-corrected chi connectivity index (χ4v) is 3.28. The van der Waals surface area contributed by atoms with Gasteiger partial charge < -0.3 is 15.0 Å². The number of likely N-dealkylation sites (tertiary alicyclic amines) is 1. The molecule has 1 aliphatic rings. The first-order valence-electron chi connectivity index (χ1n) is 8.31. The van der Waals surface area contributed by atoms with Crippen LogP contribution in [0.25, 0.3) is 0 Å². The molecular formula is C18H26N2O3S. The van der Waals surface area contributed by atoms with E-state index in [-0.39, 0.29) is 17.7 Å². The smallest absolute Gasteiger partial charge is 0.224 e. The Morgan fingerprint density at radius 1 is 1.46 bits per heavy atom. The van der Waals surface area contributed by atoms with E-state index in [1.165, 1.54) is 0 Å². The first-order chi connectivity index (χ1) is 11.6. The lowest BCUT2D eigenvalue weighted by molar-refractivity contribution is -0.138. The fourth-order valence-electron chi connectivity index (χ4n) is 2.85. The second-order valence-corrected chi connectivity index (χ2v) is 6.98. The molecule has 0 unspecified atom stereocenters. The summed E-state index contributed by atoms with van der Waals surface area (Å²) >= 11 is 1.78. The van der Waals surface area contributed by atoms with Gasteiger partial charge in [0.2, 0.25) is 11.8 Å². The summed E-state index contributed by atoms with van der Waals surface area (Å²) in [5.74, 6) is 1.90. The zero-order valence-electron chi connectivity index (χ0n) is 14.4. The van der Waals surface area contributed by atoms with Crippen LogP contribution in [0.1, 0.15) is 24.8 Å². The van der Waals surface area contributed by atoms with Gasteiger partial charge in [0.05, 0.1) is 13.0 Å². The summed E-state index contributed by atoms with van der Waals surface area (Å²) in [5.41, 5.74) is 1.02. The fraction of sp³-hybridized carbons (Fsp3) is 0.556. The molecule has 1 N–H and O–H groups in total. The van der Waals surface area contributed by atoms with Crippen molar-refractivity contribution >= 4 is 23.6 Å². The summed E-state index contributed by atoms with van der Waals surface area (Å²) in [4.78, 5) is 26.3. The Morgan fingerprint density at radius 3 is 3.04 bits per heavy atom. The highest BCUT2D eigenvalue weighted by Gasteiger charge is 2.30. The van der Waals surface area contributed by atoms with E-state index in [4.69, 9.17) is 4.74 Å². The number of hydrogen-bond donors (Lipinski definition) is 1. The molecule has 6 heteroatoms. The van der Waals surface area contributed by atoms with Gasteiger partial charge in [0.25, 0.3) is 0 Å². The Hall–Kier alpha value is -1.69. The van der Waals surface area contributed by atoms with Crippen molar-refractivity contribution in [3.05, 3.63) is 29.8 Å². The van der Waals surface area contributed by atoms with Crippen molar-refractivity contribution in [3.8, 4) is 5.75 Å². The SMILES string of the molecule is COc1cccc(CN2C[C@H](C(=O)NCCCSC)CCC2=O)c1. The topological polar surface area (TPSA) is 58.6 Å². The highest BCUT2D eigenvalue weighted by atomic mass is 32.2. The minimum Gasteiger partial charge on any atom is -0.497 e. The molecule has 24 heavy (non-hydrogen) atoms. The van der Waals surface area contributed by atoms with Gasteiger partial charge in [-0.3, -0.25) is 9.59 Å². The summed E-state index contributed by atoms with van der Waals surface area (Å²) in [6.45, 7) is 1.72. The predicted octanol–water partition coefficient (Wildman–Crippen LogP) is 2.30. The van der Waals surface area contributed by atoms with Gasteiger partial charge in [0, 0.05) is 26.1 Å². The molecule has 1 atom stereocenters. The minimum atomic E-state index is -0.109. The maximum Gasteiger partial charge on any atom is 0.224 e. The summed E-state index contributed by atoms with van der Waals surface area (Å²) in [7, 11) is 1.63. The largest absolute Gasteiger partial charge is 0.497 e. The van der Waals surface area contributed by atoms with Crippen LogP contribution in [0.15, 0.2) is 24.3 Å².